The number of aliphatic imine (C=N–C) groups is 1. The van der Waals surface area contributed by atoms with E-state index in [2.05, 4.69) is 34.7 Å². The smallest absolute Gasteiger partial charge is 0.188 e. The Morgan fingerprint density at radius 3 is 2.89 bits per heavy atom. The molecule has 0 amide bonds. The Bertz CT molecular complexity index is 392. The van der Waals surface area contributed by atoms with Crippen molar-refractivity contribution in [1.29, 1.82) is 0 Å². The summed E-state index contributed by atoms with van der Waals surface area (Å²) < 4.78 is 0. The van der Waals surface area contributed by atoms with Crippen LogP contribution in [0.4, 0.5) is 0 Å². The van der Waals surface area contributed by atoms with E-state index < -0.39 is 0 Å². The van der Waals surface area contributed by atoms with Crippen LogP contribution in [0.15, 0.2) is 22.5 Å². The first-order valence-corrected chi connectivity index (χ1v) is 8.18. The third-order valence-corrected chi connectivity index (χ3v) is 5.19. The van der Waals surface area contributed by atoms with Crippen LogP contribution in [0.3, 0.4) is 0 Å². The van der Waals surface area contributed by atoms with Crippen molar-refractivity contribution in [2.24, 2.45) is 16.1 Å². The average Bonchev–Trinajstić information content (AvgIpc) is 3.08. The topological polar surface area (TPSA) is 50.4 Å². The Hall–Kier alpha value is -1.03. The molecular formula is C15H25N3S. The van der Waals surface area contributed by atoms with Crippen molar-refractivity contribution in [2.45, 2.75) is 45.4 Å². The lowest BCUT2D eigenvalue weighted by Gasteiger charge is -2.25. The zero-order valence-electron chi connectivity index (χ0n) is 11.8. The molecule has 0 unspecified atom stereocenters. The first kappa shape index (κ1) is 14.4. The SMILES string of the molecule is CCC1(CN=C(N)NCCc2cccs2)CCCC1. The number of thiophene rings is 1. The first-order valence-electron chi connectivity index (χ1n) is 7.30. The maximum atomic E-state index is 5.95. The first-order chi connectivity index (χ1) is 9.24. The molecule has 0 atom stereocenters. The fraction of sp³-hybridized carbons (Fsp3) is 0.667. The molecule has 1 aliphatic rings. The van der Waals surface area contributed by atoms with Gasteiger partial charge in [0.25, 0.3) is 0 Å². The molecule has 1 aliphatic carbocycles. The highest BCUT2D eigenvalue weighted by Crippen LogP contribution is 2.40. The van der Waals surface area contributed by atoms with Crippen LogP contribution in [0.5, 0.6) is 0 Å². The molecule has 1 saturated carbocycles. The Morgan fingerprint density at radius 1 is 1.47 bits per heavy atom. The Morgan fingerprint density at radius 2 is 2.26 bits per heavy atom. The number of hydrogen-bond acceptors (Lipinski definition) is 2. The zero-order valence-corrected chi connectivity index (χ0v) is 12.6. The highest BCUT2D eigenvalue weighted by molar-refractivity contribution is 7.09. The van der Waals surface area contributed by atoms with Crippen LogP contribution >= 0.6 is 11.3 Å². The number of hydrogen-bond donors (Lipinski definition) is 2. The Kier molecular flexibility index (Phi) is 5.25. The summed E-state index contributed by atoms with van der Waals surface area (Å²) in [4.78, 5) is 5.94. The second kappa shape index (κ2) is 6.94. The van der Waals surface area contributed by atoms with Crippen LogP contribution < -0.4 is 11.1 Å². The van der Waals surface area contributed by atoms with Gasteiger partial charge in [-0.1, -0.05) is 25.8 Å². The number of guanidine groups is 1. The fourth-order valence-corrected chi connectivity index (χ4v) is 3.53. The third kappa shape index (κ3) is 4.23. The predicted molar refractivity (Wildman–Crippen MR) is 83.7 cm³/mol. The van der Waals surface area contributed by atoms with E-state index in [1.54, 1.807) is 11.3 Å². The predicted octanol–water partition coefficient (Wildman–Crippen LogP) is 3.17. The number of nitrogens with two attached hydrogens (primary N) is 1. The molecule has 1 fully saturated rings. The summed E-state index contributed by atoms with van der Waals surface area (Å²) in [6, 6.07) is 4.24. The lowest BCUT2D eigenvalue weighted by molar-refractivity contribution is 0.297. The van der Waals surface area contributed by atoms with Gasteiger partial charge in [-0.15, -0.1) is 11.3 Å². The normalized spacial score (nSPS) is 18.7. The van der Waals surface area contributed by atoms with Gasteiger partial charge in [0.05, 0.1) is 0 Å². The van der Waals surface area contributed by atoms with E-state index in [1.165, 1.54) is 37.0 Å². The summed E-state index contributed by atoms with van der Waals surface area (Å²) in [6.07, 6.45) is 7.58. The number of nitrogens with one attached hydrogen (secondary N) is 1. The largest absolute Gasteiger partial charge is 0.370 e. The Balaban J connectivity index is 1.72. The van der Waals surface area contributed by atoms with E-state index >= 15 is 0 Å². The van der Waals surface area contributed by atoms with Crippen LogP contribution in [-0.2, 0) is 6.42 Å². The molecule has 1 aromatic rings. The molecule has 0 bridgehead atoms. The summed E-state index contributed by atoms with van der Waals surface area (Å²) in [5.74, 6) is 0.608. The van der Waals surface area contributed by atoms with Crippen molar-refractivity contribution < 1.29 is 0 Å². The van der Waals surface area contributed by atoms with Crippen molar-refractivity contribution in [1.82, 2.24) is 5.32 Å². The summed E-state index contributed by atoms with van der Waals surface area (Å²) in [7, 11) is 0. The molecule has 19 heavy (non-hydrogen) atoms. The second-order valence-electron chi connectivity index (χ2n) is 5.52. The minimum absolute atomic E-state index is 0.431. The summed E-state index contributed by atoms with van der Waals surface area (Å²) >= 11 is 1.79. The molecule has 1 heterocycles. The van der Waals surface area contributed by atoms with Crippen molar-refractivity contribution in [3.8, 4) is 0 Å². The maximum absolute atomic E-state index is 5.95. The molecule has 0 aromatic carbocycles. The molecular weight excluding hydrogens is 254 g/mol. The molecule has 1 aromatic heterocycles. The van der Waals surface area contributed by atoms with E-state index in [-0.39, 0.29) is 0 Å². The van der Waals surface area contributed by atoms with E-state index in [1.807, 2.05) is 0 Å². The van der Waals surface area contributed by atoms with Crippen LogP contribution in [0.25, 0.3) is 0 Å². The van der Waals surface area contributed by atoms with Gasteiger partial charge in [-0.2, -0.15) is 0 Å². The summed E-state index contributed by atoms with van der Waals surface area (Å²) in [5.41, 5.74) is 6.38. The van der Waals surface area contributed by atoms with Gasteiger partial charge in [0.15, 0.2) is 5.96 Å². The molecule has 0 aliphatic heterocycles. The van der Waals surface area contributed by atoms with Gasteiger partial charge >= 0.3 is 0 Å². The van der Waals surface area contributed by atoms with Crippen molar-refractivity contribution in [3.63, 3.8) is 0 Å². The molecule has 0 spiro atoms. The molecule has 0 radical (unpaired) electrons. The molecule has 0 saturated heterocycles. The van der Waals surface area contributed by atoms with Gasteiger partial charge in [-0.3, -0.25) is 4.99 Å². The van der Waals surface area contributed by atoms with E-state index in [0.717, 1.165) is 19.5 Å². The van der Waals surface area contributed by atoms with Gasteiger partial charge in [-0.05, 0) is 42.5 Å². The Labute approximate surface area is 120 Å². The van der Waals surface area contributed by atoms with E-state index in [0.29, 0.717) is 11.4 Å². The fourth-order valence-electron chi connectivity index (χ4n) is 2.83. The van der Waals surface area contributed by atoms with Crippen LogP contribution in [0.1, 0.15) is 43.9 Å². The van der Waals surface area contributed by atoms with Gasteiger partial charge in [0, 0.05) is 18.0 Å². The van der Waals surface area contributed by atoms with E-state index in [4.69, 9.17) is 5.73 Å². The third-order valence-electron chi connectivity index (χ3n) is 4.26. The van der Waals surface area contributed by atoms with Crippen LogP contribution in [-0.4, -0.2) is 19.0 Å². The quantitative estimate of drug-likeness (QED) is 0.621. The monoisotopic (exact) mass is 279 g/mol. The molecule has 3 N–H and O–H groups in total. The minimum Gasteiger partial charge on any atom is -0.370 e. The van der Waals surface area contributed by atoms with Crippen molar-refractivity contribution in [3.05, 3.63) is 22.4 Å². The second-order valence-corrected chi connectivity index (χ2v) is 6.55. The van der Waals surface area contributed by atoms with Crippen LogP contribution in [0, 0.1) is 5.41 Å². The van der Waals surface area contributed by atoms with E-state index in [9.17, 15) is 0 Å². The highest BCUT2D eigenvalue weighted by Gasteiger charge is 2.31. The molecule has 4 heteroatoms. The van der Waals surface area contributed by atoms with Crippen LogP contribution in [0.2, 0.25) is 0 Å². The lowest BCUT2D eigenvalue weighted by atomic mass is 9.84. The average molecular weight is 279 g/mol. The van der Waals surface area contributed by atoms with Crippen molar-refractivity contribution in [2.75, 3.05) is 13.1 Å². The van der Waals surface area contributed by atoms with Gasteiger partial charge in [0.1, 0.15) is 0 Å². The van der Waals surface area contributed by atoms with Crippen molar-refractivity contribution >= 4 is 17.3 Å². The number of nitrogens with zero attached hydrogens (tertiary/aromatic N) is 1. The number of rotatable bonds is 6. The van der Waals surface area contributed by atoms with Gasteiger partial charge < -0.3 is 11.1 Å². The molecule has 106 valence electrons. The summed E-state index contributed by atoms with van der Waals surface area (Å²) in [6.45, 7) is 4.04. The maximum Gasteiger partial charge on any atom is 0.188 e. The standard InChI is InChI=1S/C15H25N3S/c1-2-15(8-3-4-9-15)12-18-14(16)17-10-7-13-6-5-11-19-13/h5-6,11H,2-4,7-10,12H2,1H3,(H3,16,17,18). The molecule has 3 nitrogen and oxygen atoms in total. The van der Waals surface area contributed by atoms with Gasteiger partial charge in [-0.25, -0.2) is 0 Å². The highest BCUT2D eigenvalue weighted by atomic mass is 32.1. The van der Waals surface area contributed by atoms with Gasteiger partial charge in [0.2, 0.25) is 0 Å². The minimum atomic E-state index is 0.431. The lowest BCUT2D eigenvalue weighted by Crippen LogP contribution is -2.34. The summed E-state index contributed by atoms with van der Waals surface area (Å²) in [5, 5.41) is 5.33. The zero-order chi connectivity index (χ0) is 13.6. The molecule has 2 rings (SSSR count).